The summed E-state index contributed by atoms with van der Waals surface area (Å²) in [6.45, 7) is 2.57. The first kappa shape index (κ1) is 17.2. The minimum atomic E-state index is 0.414. The number of hydrogen-bond donors (Lipinski definition) is 2. The second-order valence-electron chi connectivity index (χ2n) is 5.05. The minimum Gasteiger partial charge on any atom is -0.494 e. The minimum absolute atomic E-state index is 0.414. The zero-order valence-corrected chi connectivity index (χ0v) is 15.0. The Morgan fingerprint density at radius 3 is 2.64 bits per heavy atom. The molecule has 0 fully saturated rings. The molecule has 0 spiro atoms. The van der Waals surface area contributed by atoms with Gasteiger partial charge in [-0.2, -0.15) is 14.9 Å². The van der Waals surface area contributed by atoms with E-state index >= 15 is 0 Å². The van der Waals surface area contributed by atoms with Gasteiger partial charge in [-0.1, -0.05) is 23.7 Å². The number of rotatable bonds is 6. The SMILES string of the molecule is CCOc1ccc(-c2n[nH]c(=S)n2NN=Cc2ccc(Cl)cc2)cc1. The first-order chi connectivity index (χ1) is 12.2. The van der Waals surface area contributed by atoms with Crippen molar-refractivity contribution in [1.82, 2.24) is 14.9 Å². The van der Waals surface area contributed by atoms with Gasteiger partial charge in [0.25, 0.3) is 0 Å². The van der Waals surface area contributed by atoms with Gasteiger partial charge in [0.1, 0.15) is 5.75 Å². The van der Waals surface area contributed by atoms with Gasteiger partial charge in [-0.15, -0.1) is 0 Å². The normalized spacial score (nSPS) is 11.0. The Balaban J connectivity index is 1.79. The third-order valence-electron chi connectivity index (χ3n) is 3.34. The van der Waals surface area contributed by atoms with Crippen LogP contribution in [0.25, 0.3) is 11.4 Å². The summed E-state index contributed by atoms with van der Waals surface area (Å²) >= 11 is 11.1. The maximum Gasteiger partial charge on any atom is 0.216 e. The van der Waals surface area contributed by atoms with Gasteiger partial charge in [0, 0.05) is 10.6 Å². The van der Waals surface area contributed by atoms with E-state index in [1.807, 2.05) is 43.3 Å². The van der Waals surface area contributed by atoms with Crippen molar-refractivity contribution < 1.29 is 4.74 Å². The molecule has 3 rings (SSSR count). The standard InChI is InChI=1S/C17H16ClN5OS/c1-2-24-15-9-5-13(6-10-15)16-20-21-17(25)23(16)22-19-11-12-3-7-14(18)8-4-12/h3-11,22H,2H2,1H3,(H,21,25). The number of nitrogens with zero attached hydrogens (tertiary/aromatic N) is 3. The summed E-state index contributed by atoms with van der Waals surface area (Å²) in [7, 11) is 0. The molecule has 1 heterocycles. The van der Waals surface area contributed by atoms with Crippen molar-refractivity contribution >= 4 is 30.0 Å². The van der Waals surface area contributed by atoms with Crippen LogP contribution < -0.4 is 10.3 Å². The highest BCUT2D eigenvalue weighted by atomic mass is 35.5. The Hall–Kier alpha value is -2.64. The molecular formula is C17H16ClN5OS. The molecular weight excluding hydrogens is 358 g/mol. The van der Waals surface area contributed by atoms with E-state index in [2.05, 4.69) is 20.8 Å². The van der Waals surface area contributed by atoms with E-state index in [1.54, 1.807) is 23.0 Å². The number of aromatic nitrogens is 3. The first-order valence-electron chi connectivity index (χ1n) is 7.62. The molecule has 0 amide bonds. The number of aromatic amines is 1. The molecule has 2 aromatic carbocycles. The van der Waals surface area contributed by atoms with Crippen molar-refractivity contribution in [2.75, 3.05) is 12.1 Å². The van der Waals surface area contributed by atoms with E-state index in [0.717, 1.165) is 16.9 Å². The second-order valence-corrected chi connectivity index (χ2v) is 5.88. The van der Waals surface area contributed by atoms with Crippen LogP contribution in [0.5, 0.6) is 5.75 Å². The van der Waals surface area contributed by atoms with Crippen molar-refractivity contribution in [1.29, 1.82) is 0 Å². The Morgan fingerprint density at radius 2 is 1.96 bits per heavy atom. The molecule has 0 bridgehead atoms. The molecule has 0 radical (unpaired) electrons. The lowest BCUT2D eigenvalue weighted by atomic mass is 10.2. The van der Waals surface area contributed by atoms with E-state index in [9.17, 15) is 0 Å². The molecule has 1 aromatic heterocycles. The predicted molar refractivity (Wildman–Crippen MR) is 102 cm³/mol. The molecule has 0 unspecified atom stereocenters. The number of halogens is 1. The fraction of sp³-hybridized carbons (Fsp3) is 0.118. The van der Waals surface area contributed by atoms with E-state index < -0.39 is 0 Å². The molecule has 3 aromatic rings. The molecule has 0 aliphatic heterocycles. The molecule has 0 saturated carbocycles. The maximum atomic E-state index is 5.87. The number of hydrazone groups is 1. The van der Waals surface area contributed by atoms with Crippen LogP contribution in [-0.2, 0) is 0 Å². The quantitative estimate of drug-likeness (QED) is 0.385. The lowest BCUT2D eigenvalue weighted by Crippen LogP contribution is -2.10. The molecule has 6 nitrogen and oxygen atoms in total. The summed E-state index contributed by atoms with van der Waals surface area (Å²) in [5.41, 5.74) is 4.68. The topological polar surface area (TPSA) is 67.2 Å². The van der Waals surface area contributed by atoms with Crippen molar-refractivity contribution in [2.24, 2.45) is 5.10 Å². The van der Waals surface area contributed by atoms with Gasteiger partial charge in [-0.3, -0.25) is 0 Å². The summed E-state index contributed by atoms with van der Waals surface area (Å²) in [6, 6.07) is 14.9. The molecule has 0 atom stereocenters. The lowest BCUT2D eigenvalue weighted by Gasteiger charge is -2.07. The predicted octanol–water partition coefficient (Wildman–Crippen LogP) is 4.24. The maximum absolute atomic E-state index is 5.87. The van der Waals surface area contributed by atoms with Gasteiger partial charge in [0.05, 0.1) is 12.8 Å². The molecule has 128 valence electrons. The van der Waals surface area contributed by atoms with Gasteiger partial charge in [0.2, 0.25) is 4.77 Å². The molecule has 2 N–H and O–H groups in total. The highest BCUT2D eigenvalue weighted by Crippen LogP contribution is 2.20. The van der Waals surface area contributed by atoms with Crippen LogP contribution in [0.4, 0.5) is 0 Å². The van der Waals surface area contributed by atoms with E-state index in [1.165, 1.54) is 0 Å². The smallest absolute Gasteiger partial charge is 0.216 e. The van der Waals surface area contributed by atoms with Crippen LogP contribution in [0.3, 0.4) is 0 Å². The number of hydrogen-bond acceptors (Lipinski definition) is 5. The highest BCUT2D eigenvalue weighted by molar-refractivity contribution is 7.71. The zero-order chi connectivity index (χ0) is 17.6. The van der Waals surface area contributed by atoms with Gasteiger partial charge in [0.15, 0.2) is 5.82 Å². The highest BCUT2D eigenvalue weighted by Gasteiger charge is 2.08. The average molecular weight is 374 g/mol. The Bertz CT molecular complexity index is 915. The average Bonchev–Trinajstić information content (AvgIpc) is 2.99. The van der Waals surface area contributed by atoms with Crippen molar-refractivity contribution in [3.63, 3.8) is 0 Å². The summed E-state index contributed by atoms with van der Waals surface area (Å²) in [6.07, 6.45) is 1.67. The number of nitrogens with one attached hydrogen (secondary N) is 2. The molecule has 8 heteroatoms. The number of ether oxygens (including phenoxy) is 1. The largest absolute Gasteiger partial charge is 0.494 e. The Kier molecular flexibility index (Phi) is 5.47. The van der Waals surface area contributed by atoms with Crippen LogP contribution >= 0.6 is 23.8 Å². The summed E-state index contributed by atoms with van der Waals surface area (Å²) < 4.78 is 7.46. The zero-order valence-electron chi connectivity index (χ0n) is 13.4. The monoisotopic (exact) mass is 373 g/mol. The van der Waals surface area contributed by atoms with Gasteiger partial charge in [-0.05, 0) is 61.1 Å². The fourth-order valence-electron chi connectivity index (χ4n) is 2.16. The lowest BCUT2D eigenvalue weighted by molar-refractivity contribution is 0.340. The van der Waals surface area contributed by atoms with E-state index in [-0.39, 0.29) is 0 Å². The van der Waals surface area contributed by atoms with Crippen molar-refractivity contribution in [3.05, 3.63) is 63.9 Å². The third-order valence-corrected chi connectivity index (χ3v) is 3.86. The summed E-state index contributed by atoms with van der Waals surface area (Å²) in [5, 5.41) is 11.9. The van der Waals surface area contributed by atoms with Crippen molar-refractivity contribution in [3.8, 4) is 17.1 Å². The van der Waals surface area contributed by atoms with Crippen LogP contribution in [-0.4, -0.2) is 27.7 Å². The third kappa shape index (κ3) is 4.26. The Labute approximate surface area is 155 Å². The van der Waals surface area contributed by atoms with Crippen LogP contribution in [0.1, 0.15) is 12.5 Å². The molecule has 0 saturated heterocycles. The second kappa shape index (κ2) is 7.96. The first-order valence-corrected chi connectivity index (χ1v) is 8.41. The van der Waals surface area contributed by atoms with Crippen LogP contribution in [0, 0.1) is 4.77 Å². The summed E-state index contributed by atoms with van der Waals surface area (Å²) in [4.78, 5) is 0. The van der Waals surface area contributed by atoms with Crippen molar-refractivity contribution in [2.45, 2.75) is 6.92 Å². The van der Waals surface area contributed by atoms with E-state index in [4.69, 9.17) is 28.6 Å². The van der Waals surface area contributed by atoms with E-state index in [0.29, 0.717) is 22.2 Å². The molecule has 0 aliphatic rings. The number of benzene rings is 2. The Morgan fingerprint density at radius 1 is 1.24 bits per heavy atom. The van der Waals surface area contributed by atoms with Gasteiger partial charge in [-0.25, -0.2) is 10.6 Å². The summed E-state index contributed by atoms with van der Waals surface area (Å²) in [5.74, 6) is 1.43. The van der Waals surface area contributed by atoms with Crippen LogP contribution in [0.2, 0.25) is 5.02 Å². The van der Waals surface area contributed by atoms with Gasteiger partial charge < -0.3 is 4.74 Å². The fourth-order valence-corrected chi connectivity index (χ4v) is 2.46. The van der Waals surface area contributed by atoms with Crippen LogP contribution in [0.15, 0.2) is 53.6 Å². The van der Waals surface area contributed by atoms with Gasteiger partial charge >= 0.3 is 0 Å². The molecule has 25 heavy (non-hydrogen) atoms. The number of H-pyrrole nitrogens is 1. The molecule has 0 aliphatic carbocycles.